The summed E-state index contributed by atoms with van der Waals surface area (Å²) < 4.78 is 45.3. The molecule has 0 fully saturated rings. The summed E-state index contributed by atoms with van der Waals surface area (Å²) in [5.41, 5.74) is 0.557. The molecule has 0 aromatic heterocycles. The number of benzene rings is 2. The second-order valence-electron chi connectivity index (χ2n) is 4.59. The third kappa shape index (κ3) is 4.27. The molecule has 0 radical (unpaired) electrons. The minimum absolute atomic E-state index is 0.00901. The maximum absolute atomic E-state index is 13.2. The summed E-state index contributed by atoms with van der Waals surface area (Å²) in [4.78, 5) is 0.103. The second-order valence-corrected chi connectivity index (χ2v) is 6.79. The SMILES string of the molecule is COC(CNS(=O)(=O)c1ccc(Cl)cc1)c1cccc(F)c1. The van der Waals surface area contributed by atoms with E-state index in [0.717, 1.165) is 0 Å². The van der Waals surface area contributed by atoms with Crippen LogP contribution in [0.15, 0.2) is 53.4 Å². The molecule has 0 aliphatic heterocycles. The van der Waals surface area contributed by atoms with Crippen LogP contribution < -0.4 is 4.72 Å². The number of rotatable bonds is 6. The van der Waals surface area contributed by atoms with Crippen LogP contribution in [0.5, 0.6) is 0 Å². The Morgan fingerprint density at radius 1 is 1.23 bits per heavy atom. The zero-order chi connectivity index (χ0) is 16.2. The normalized spacial score (nSPS) is 13.0. The van der Waals surface area contributed by atoms with Crippen molar-refractivity contribution in [1.29, 1.82) is 0 Å². The van der Waals surface area contributed by atoms with Crippen LogP contribution in [0.2, 0.25) is 5.02 Å². The van der Waals surface area contributed by atoms with E-state index >= 15 is 0 Å². The molecule has 2 rings (SSSR count). The molecule has 0 bridgehead atoms. The molecule has 2 aromatic carbocycles. The van der Waals surface area contributed by atoms with Crippen molar-refractivity contribution in [2.45, 2.75) is 11.0 Å². The summed E-state index contributed by atoms with van der Waals surface area (Å²) in [6, 6.07) is 11.7. The van der Waals surface area contributed by atoms with Crippen molar-refractivity contribution in [2.24, 2.45) is 0 Å². The highest BCUT2D eigenvalue weighted by Gasteiger charge is 2.18. The molecule has 4 nitrogen and oxygen atoms in total. The first kappa shape index (κ1) is 16.9. The van der Waals surface area contributed by atoms with Gasteiger partial charge in [-0.25, -0.2) is 17.5 Å². The van der Waals surface area contributed by atoms with Crippen LogP contribution in [-0.2, 0) is 14.8 Å². The van der Waals surface area contributed by atoms with Gasteiger partial charge in [-0.05, 0) is 42.0 Å². The second kappa shape index (κ2) is 7.19. The molecule has 0 saturated carbocycles. The van der Waals surface area contributed by atoms with Gasteiger partial charge in [0, 0.05) is 18.7 Å². The summed E-state index contributed by atoms with van der Waals surface area (Å²) in [7, 11) is -2.25. The van der Waals surface area contributed by atoms with Gasteiger partial charge < -0.3 is 4.74 Å². The van der Waals surface area contributed by atoms with Gasteiger partial charge in [0.05, 0.1) is 11.0 Å². The van der Waals surface area contributed by atoms with E-state index in [1.54, 1.807) is 12.1 Å². The Balaban J connectivity index is 2.11. The predicted octanol–water partition coefficient (Wildman–Crippen LogP) is 3.15. The molecule has 1 unspecified atom stereocenters. The van der Waals surface area contributed by atoms with E-state index in [0.29, 0.717) is 10.6 Å². The van der Waals surface area contributed by atoms with Crippen molar-refractivity contribution >= 4 is 21.6 Å². The molecular weight excluding hydrogens is 329 g/mol. The van der Waals surface area contributed by atoms with Crippen LogP contribution >= 0.6 is 11.6 Å². The number of methoxy groups -OCH3 is 1. The van der Waals surface area contributed by atoms with E-state index in [9.17, 15) is 12.8 Å². The lowest BCUT2D eigenvalue weighted by molar-refractivity contribution is 0.107. The monoisotopic (exact) mass is 343 g/mol. The maximum Gasteiger partial charge on any atom is 0.240 e. The minimum Gasteiger partial charge on any atom is -0.375 e. The molecule has 0 aliphatic carbocycles. The Bertz CT molecular complexity index is 735. The fourth-order valence-electron chi connectivity index (χ4n) is 1.93. The van der Waals surface area contributed by atoms with Crippen molar-refractivity contribution in [1.82, 2.24) is 4.72 Å². The molecule has 7 heteroatoms. The third-order valence-corrected chi connectivity index (χ3v) is 4.78. The Labute approximate surface area is 133 Å². The van der Waals surface area contributed by atoms with Gasteiger partial charge in [0.1, 0.15) is 5.82 Å². The fourth-order valence-corrected chi connectivity index (χ4v) is 3.08. The van der Waals surface area contributed by atoms with Crippen LogP contribution in [0.4, 0.5) is 4.39 Å². The number of hydrogen-bond donors (Lipinski definition) is 1. The Hall–Kier alpha value is -1.47. The standard InChI is InChI=1S/C15H15ClFNO3S/c1-21-15(11-3-2-4-13(17)9-11)10-18-22(19,20)14-7-5-12(16)6-8-14/h2-9,15,18H,10H2,1H3. The largest absolute Gasteiger partial charge is 0.375 e. The lowest BCUT2D eigenvalue weighted by Gasteiger charge is -2.16. The molecule has 0 amide bonds. The molecule has 2 aromatic rings. The lowest BCUT2D eigenvalue weighted by Crippen LogP contribution is -2.29. The molecule has 1 atom stereocenters. The predicted molar refractivity (Wildman–Crippen MR) is 82.8 cm³/mol. The van der Waals surface area contributed by atoms with Gasteiger partial charge in [0.2, 0.25) is 10.0 Å². The fraction of sp³-hybridized carbons (Fsp3) is 0.200. The molecule has 0 aliphatic rings. The van der Waals surface area contributed by atoms with Crippen LogP contribution in [0.25, 0.3) is 0 Å². The first-order valence-electron chi connectivity index (χ1n) is 6.46. The highest BCUT2D eigenvalue weighted by atomic mass is 35.5. The van der Waals surface area contributed by atoms with Crippen LogP contribution in [-0.4, -0.2) is 22.1 Å². The van der Waals surface area contributed by atoms with E-state index in [2.05, 4.69) is 4.72 Å². The van der Waals surface area contributed by atoms with E-state index in [4.69, 9.17) is 16.3 Å². The quantitative estimate of drug-likeness (QED) is 0.876. The van der Waals surface area contributed by atoms with E-state index < -0.39 is 21.9 Å². The summed E-state index contributed by atoms with van der Waals surface area (Å²) in [6.45, 7) is -0.00901. The first-order valence-corrected chi connectivity index (χ1v) is 8.32. The smallest absolute Gasteiger partial charge is 0.240 e. The number of halogens is 2. The molecular formula is C15H15ClFNO3S. The maximum atomic E-state index is 13.2. The van der Waals surface area contributed by atoms with Gasteiger partial charge in [-0.1, -0.05) is 23.7 Å². The van der Waals surface area contributed by atoms with Crippen molar-refractivity contribution in [3.8, 4) is 0 Å². The zero-order valence-electron chi connectivity index (χ0n) is 11.8. The topological polar surface area (TPSA) is 55.4 Å². The molecule has 22 heavy (non-hydrogen) atoms. The van der Waals surface area contributed by atoms with E-state index in [1.807, 2.05) is 0 Å². The van der Waals surface area contributed by atoms with Crippen LogP contribution in [0.3, 0.4) is 0 Å². The number of hydrogen-bond acceptors (Lipinski definition) is 3. The van der Waals surface area contributed by atoms with Gasteiger partial charge in [-0.2, -0.15) is 0 Å². The summed E-state index contributed by atoms with van der Waals surface area (Å²) in [5.74, 6) is -0.403. The zero-order valence-corrected chi connectivity index (χ0v) is 13.4. The van der Waals surface area contributed by atoms with Gasteiger partial charge in [-0.3, -0.25) is 0 Å². The summed E-state index contributed by atoms with van der Waals surface area (Å²) in [6.07, 6.45) is -0.585. The molecule has 1 N–H and O–H groups in total. The highest BCUT2D eigenvalue weighted by molar-refractivity contribution is 7.89. The molecule has 118 valence electrons. The molecule has 0 heterocycles. The molecule has 0 spiro atoms. The van der Waals surface area contributed by atoms with Gasteiger partial charge >= 0.3 is 0 Å². The van der Waals surface area contributed by atoms with Gasteiger partial charge in [-0.15, -0.1) is 0 Å². The Morgan fingerprint density at radius 3 is 2.50 bits per heavy atom. The number of sulfonamides is 1. The average molecular weight is 344 g/mol. The minimum atomic E-state index is -3.68. The van der Waals surface area contributed by atoms with Crippen molar-refractivity contribution in [3.63, 3.8) is 0 Å². The summed E-state index contributed by atoms with van der Waals surface area (Å²) >= 11 is 5.74. The number of nitrogens with one attached hydrogen (secondary N) is 1. The average Bonchev–Trinajstić information content (AvgIpc) is 2.48. The van der Waals surface area contributed by atoms with Crippen LogP contribution in [0, 0.1) is 5.82 Å². The van der Waals surface area contributed by atoms with Crippen molar-refractivity contribution in [2.75, 3.05) is 13.7 Å². The van der Waals surface area contributed by atoms with Gasteiger partial charge in [0.15, 0.2) is 0 Å². The number of ether oxygens (including phenoxy) is 1. The van der Waals surface area contributed by atoms with Crippen molar-refractivity contribution < 1.29 is 17.5 Å². The van der Waals surface area contributed by atoms with E-state index in [1.165, 1.54) is 43.5 Å². The molecule has 0 saturated heterocycles. The Kier molecular flexibility index (Phi) is 5.52. The third-order valence-electron chi connectivity index (χ3n) is 3.09. The highest BCUT2D eigenvalue weighted by Crippen LogP contribution is 2.18. The summed E-state index contributed by atoms with van der Waals surface area (Å²) in [5, 5.41) is 0.452. The van der Waals surface area contributed by atoms with Crippen molar-refractivity contribution in [3.05, 3.63) is 64.9 Å². The first-order chi connectivity index (χ1) is 10.4. The van der Waals surface area contributed by atoms with Gasteiger partial charge in [0.25, 0.3) is 0 Å². The Morgan fingerprint density at radius 2 is 1.91 bits per heavy atom. The van der Waals surface area contributed by atoms with E-state index in [-0.39, 0.29) is 11.4 Å². The van der Waals surface area contributed by atoms with Crippen LogP contribution in [0.1, 0.15) is 11.7 Å². The lowest BCUT2D eigenvalue weighted by atomic mass is 10.1.